The van der Waals surface area contributed by atoms with Gasteiger partial charge in [-0.1, -0.05) is 12.7 Å². The molecule has 0 aliphatic rings. The molecule has 0 aliphatic carbocycles. The van der Waals surface area contributed by atoms with Gasteiger partial charge in [0.1, 0.15) is 0 Å². The number of hydrogen-bond donors (Lipinski definition) is 1. The smallest absolute Gasteiger partial charge is 0.349 e. The molecule has 0 aromatic carbocycles. The van der Waals surface area contributed by atoms with E-state index in [-0.39, 0.29) is 25.0 Å². The summed E-state index contributed by atoms with van der Waals surface area (Å²) in [5.41, 5.74) is -0.115. The summed E-state index contributed by atoms with van der Waals surface area (Å²) < 4.78 is 61.5. The second-order valence-corrected chi connectivity index (χ2v) is 7.58. The number of rotatable bonds is 10. The molecule has 0 bridgehead atoms. The lowest BCUT2D eigenvalue weighted by molar-refractivity contribution is -0.137. The lowest BCUT2D eigenvalue weighted by atomic mass is 10.2. The third-order valence-corrected chi connectivity index (χ3v) is 4.25. The van der Waals surface area contributed by atoms with Gasteiger partial charge < -0.3 is 8.92 Å². The van der Waals surface area contributed by atoms with E-state index in [4.69, 9.17) is 4.55 Å². The molecule has 0 atom stereocenters. The Morgan fingerprint density at radius 1 is 1.17 bits per heavy atom. The summed E-state index contributed by atoms with van der Waals surface area (Å²) in [7, 11) is -8.33. The predicted octanol–water partition coefficient (Wildman–Crippen LogP) is 0.203. The van der Waals surface area contributed by atoms with Crippen LogP contribution in [0.5, 0.6) is 0 Å². The molecule has 132 valence electrons. The fraction of sp³-hybridized carbons (Fsp3) is 0.500. The Kier molecular flexibility index (Phi) is 8.72. The van der Waals surface area contributed by atoms with Crippen molar-refractivity contribution in [2.24, 2.45) is 0 Å². The fourth-order valence-electron chi connectivity index (χ4n) is 1.20. The van der Waals surface area contributed by atoms with Gasteiger partial charge in [0.2, 0.25) is 0 Å². The van der Waals surface area contributed by atoms with Gasteiger partial charge in [-0.2, -0.15) is 16.8 Å². The second-order valence-electron chi connectivity index (χ2n) is 4.32. The van der Waals surface area contributed by atoms with E-state index in [1.807, 2.05) is 0 Å². The molecule has 0 amide bonds. The molecule has 1 N–H and O–H groups in total. The van der Waals surface area contributed by atoms with E-state index in [1.165, 1.54) is 6.92 Å². The summed E-state index contributed by atoms with van der Waals surface area (Å²) in [6.07, 6.45) is 1.82. The molecular weight excluding hydrogens is 352 g/mol. The van der Waals surface area contributed by atoms with Gasteiger partial charge in [0.05, 0.1) is 18.1 Å². The van der Waals surface area contributed by atoms with Gasteiger partial charge in [-0.15, -0.1) is 0 Å². The van der Waals surface area contributed by atoms with Crippen molar-refractivity contribution in [3.8, 4) is 0 Å². The Bertz CT molecular complexity index is 671. The minimum atomic E-state index is -4.17. The van der Waals surface area contributed by atoms with Crippen LogP contribution in [-0.4, -0.2) is 51.4 Å². The van der Waals surface area contributed by atoms with Crippen molar-refractivity contribution in [2.45, 2.75) is 19.8 Å². The Hall–Kier alpha value is -1.72. The van der Waals surface area contributed by atoms with E-state index in [1.54, 1.807) is 0 Å². The molecule has 23 heavy (non-hydrogen) atoms. The summed E-state index contributed by atoms with van der Waals surface area (Å²) in [4.78, 5) is 22.3. The first-order chi connectivity index (χ1) is 10.5. The van der Waals surface area contributed by atoms with Crippen LogP contribution in [0, 0.1) is 0 Å². The largest absolute Gasteiger partial charge is 0.463 e. The van der Waals surface area contributed by atoms with Crippen molar-refractivity contribution in [3.05, 3.63) is 24.3 Å². The third kappa shape index (κ3) is 11.5. The maximum Gasteiger partial charge on any atom is 0.349 e. The molecule has 0 saturated carbocycles. The predicted molar refractivity (Wildman–Crippen MR) is 80.4 cm³/mol. The van der Waals surface area contributed by atoms with Gasteiger partial charge >= 0.3 is 22.1 Å². The SMILES string of the molecule is C=CC(=O)OCCCS(=O)(=O)OC(=O)C(C)=CCCS(=O)(=O)O. The lowest BCUT2D eigenvalue weighted by Gasteiger charge is -2.06. The topological polar surface area (TPSA) is 141 Å². The maximum atomic E-state index is 11.5. The summed E-state index contributed by atoms with van der Waals surface area (Å²) >= 11 is 0. The van der Waals surface area contributed by atoms with Crippen molar-refractivity contribution in [1.82, 2.24) is 0 Å². The summed E-state index contributed by atoms with van der Waals surface area (Å²) in [5.74, 6) is -2.99. The lowest BCUT2D eigenvalue weighted by Crippen LogP contribution is -2.18. The summed E-state index contributed by atoms with van der Waals surface area (Å²) in [5, 5.41) is 0. The van der Waals surface area contributed by atoms with Crippen LogP contribution in [-0.2, 0) is 38.7 Å². The number of esters is 1. The molecule has 9 nitrogen and oxygen atoms in total. The van der Waals surface area contributed by atoms with Crippen LogP contribution in [0.4, 0.5) is 0 Å². The average Bonchev–Trinajstić information content (AvgIpc) is 2.41. The van der Waals surface area contributed by atoms with Crippen molar-refractivity contribution >= 4 is 32.2 Å². The number of ether oxygens (including phenoxy) is 1. The molecule has 0 unspecified atom stereocenters. The highest BCUT2D eigenvalue weighted by molar-refractivity contribution is 7.87. The molecule has 0 spiro atoms. The Labute approximate surface area is 134 Å². The van der Waals surface area contributed by atoms with Gasteiger partial charge in [0, 0.05) is 11.6 Å². The first-order valence-electron chi connectivity index (χ1n) is 6.34. The molecule has 0 fully saturated rings. The first kappa shape index (κ1) is 21.3. The quantitative estimate of drug-likeness (QED) is 0.188. The minimum Gasteiger partial charge on any atom is -0.463 e. The Balaban J connectivity index is 4.37. The van der Waals surface area contributed by atoms with E-state index in [0.29, 0.717) is 0 Å². The molecule has 0 saturated heterocycles. The maximum absolute atomic E-state index is 11.5. The molecule has 0 aromatic rings. The zero-order valence-electron chi connectivity index (χ0n) is 12.4. The standard InChI is InChI=1S/C12H18O9S2/c1-3-11(13)20-7-5-9-23(18,19)21-12(14)10(2)6-4-8-22(15,16)17/h3,6H,1,4-5,7-9H2,2H3,(H,15,16,17). The van der Waals surface area contributed by atoms with Crippen LogP contribution in [0.15, 0.2) is 24.3 Å². The highest BCUT2D eigenvalue weighted by Crippen LogP contribution is 2.05. The highest BCUT2D eigenvalue weighted by Gasteiger charge is 2.18. The first-order valence-corrected chi connectivity index (χ1v) is 9.53. The highest BCUT2D eigenvalue weighted by atomic mass is 32.2. The fourth-order valence-corrected chi connectivity index (χ4v) is 2.53. The summed E-state index contributed by atoms with van der Waals surface area (Å²) in [6.45, 7) is 4.23. The van der Waals surface area contributed by atoms with E-state index >= 15 is 0 Å². The van der Waals surface area contributed by atoms with Crippen LogP contribution in [0.3, 0.4) is 0 Å². The molecular formula is C12H18O9S2. The summed E-state index contributed by atoms with van der Waals surface area (Å²) in [6, 6.07) is 0. The van der Waals surface area contributed by atoms with Crippen molar-refractivity contribution in [1.29, 1.82) is 0 Å². The van der Waals surface area contributed by atoms with Crippen LogP contribution >= 0.6 is 0 Å². The number of carbonyl (C=O) groups is 2. The monoisotopic (exact) mass is 370 g/mol. The van der Waals surface area contributed by atoms with Gasteiger partial charge in [0.15, 0.2) is 0 Å². The van der Waals surface area contributed by atoms with E-state index in [0.717, 1.165) is 12.2 Å². The minimum absolute atomic E-state index is 0.0687. The molecule has 0 radical (unpaired) electrons. The number of allylic oxidation sites excluding steroid dienone is 1. The average molecular weight is 370 g/mol. The van der Waals surface area contributed by atoms with Crippen molar-refractivity contribution in [2.75, 3.05) is 18.1 Å². The van der Waals surface area contributed by atoms with Crippen molar-refractivity contribution < 1.29 is 39.9 Å². The molecule has 0 aromatic heterocycles. The van der Waals surface area contributed by atoms with E-state index in [2.05, 4.69) is 15.5 Å². The molecule has 0 aliphatic heterocycles. The van der Waals surface area contributed by atoms with Crippen molar-refractivity contribution in [3.63, 3.8) is 0 Å². The zero-order chi connectivity index (χ0) is 18.1. The third-order valence-electron chi connectivity index (χ3n) is 2.30. The number of hydrogen-bond acceptors (Lipinski definition) is 8. The molecule has 0 rings (SSSR count). The Morgan fingerprint density at radius 2 is 1.78 bits per heavy atom. The van der Waals surface area contributed by atoms with Crippen LogP contribution in [0.1, 0.15) is 19.8 Å². The zero-order valence-corrected chi connectivity index (χ0v) is 14.1. The van der Waals surface area contributed by atoms with E-state index < -0.39 is 43.7 Å². The van der Waals surface area contributed by atoms with Gasteiger partial charge in [-0.25, -0.2) is 9.59 Å². The normalized spacial score (nSPS) is 12.5. The number of carbonyl (C=O) groups excluding carboxylic acids is 2. The molecule has 11 heteroatoms. The second kappa shape index (κ2) is 9.43. The van der Waals surface area contributed by atoms with Crippen LogP contribution in [0.2, 0.25) is 0 Å². The van der Waals surface area contributed by atoms with Crippen LogP contribution < -0.4 is 0 Å². The van der Waals surface area contributed by atoms with Gasteiger partial charge in [0.25, 0.3) is 10.1 Å². The van der Waals surface area contributed by atoms with Gasteiger partial charge in [-0.05, 0) is 19.8 Å². The van der Waals surface area contributed by atoms with E-state index in [9.17, 15) is 26.4 Å². The Morgan fingerprint density at radius 3 is 2.30 bits per heavy atom. The van der Waals surface area contributed by atoms with Gasteiger partial charge in [-0.3, -0.25) is 4.55 Å². The van der Waals surface area contributed by atoms with Crippen LogP contribution in [0.25, 0.3) is 0 Å². The molecule has 0 heterocycles.